The first-order valence-electron chi connectivity index (χ1n) is 8.60. The molecule has 1 heterocycles. The molecule has 0 spiro atoms. The van der Waals surface area contributed by atoms with Crippen LogP contribution in [0, 0.1) is 11.6 Å². The van der Waals surface area contributed by atoms with Crippen molar-refractivity contribution in [3.05, 3.63) is 64.7 Å². The second kappa shape index (κ2) is 10.0. The van der Waals surface area contributed by atoms with Gasteiger partial charge in [0.15, 0.2) is 0 Å². The van der Waals surface area contributed by atoms with Gasteiger partial charge in [0.25, 0.3) is 0 Å². The molecule has 3 rings (SSSR count). The average Bonchev–Trinajstić information content (AvgIpc) is 2.68. The summed E-state index contributed by atoms with van der Waals surface area (Å²) in [7, 11) is 0. The molecular formula is C19H21ClF2N4O2. The Kier molecular flexibility index (Phi) is 7.71. The van der Waals surface area contributed by atoms with Gasteiger partial charge in [-0.15, -0.1) is 12.4 Å². The number of rotatable bonds is 5. The van der Waals surface area contributed by atoms with Gasteiger partial charge in [0.1, 0.15) is 11.6 Å². The molecule has 0 fully saturated rings. The fourth-order valence-electron chi connectivity index (χ4n) is 2.83. The van der Waals surface area contributed by atoms with Gasteiger partial charge in [-0.1, -0.05) is 18.2 Å². The fourth-order valence-corrected chi connectivity index (χ4v) is 2.83. The van der Waals surface area contributed by atoms with Crippen molar-refractivity contribution in [3.8, 4) is 0 Å². The lowest BCUT2D eigenvalue weighted by atomic mass is 9.99. The molecule has 0 saturated heterocycles. The van der Waals surface area contributed by atoms with Gasteiger partial charge < -0.3 is 21.3 Å². The van der Waals surface area contributed by atoms with Gasteiger partial charge in [-0.25, -0.2) is 13.6 Å². The molecule has 4 N–H and O–H groups in total. The Bertz CT molecular complexity index is 847. The summed E-state index contributed by atoms with van der Waals surface area (Å²) in [5.41, 5.74) is 2.32. The van der Waals surface area contributed by atoms with Crippen LogP contribution in [-0.4, -0.2) is 25.0 Å². The SMILES string of the molecule is Cl.O=C(CNC(=O)NCc1ccc(F)cc1)Nc1ccc2c(c1F)CCNC2. The third kappa shape index (κ3) is 5.64. The van der Waals surface area contributed by atoms with E-state index >= 15 is 0 Å². The monoisotopic (exact) mass is 410 g/mol. The lowest BCUT2D eigenvalue weighted by Crippen LogP contribution is -2.39. The number of urea groups is 1. The third-order valence-electron chi connectivity index (χ3n) is 4.26. The number of amides is 3. The van der Waals surface area contributed by atoms with Crippen LogP contribution in [0.2, 0.25) is 0 Å². The minimum absolute atomic E-state index is 0. The summed E-state index contributed by atoms with van der Waals surface area (Å²) < 4.78 is 27.3. The molecule has 0 bridgehead atoms. The zero-order valence-electron chi connectivity index (χ0n) is 15.0. The van der Waals surface area contributed by atoms with Crippen LogP contribution in [0.3, 0.4) is 0 Å². The number of carbonyl (C=O) groups is 2. The summed E-state index contributed by atoms with van der Waals surface area (Å²) in [5.74, 6) is -1.31. The Hall–Kier alpha value is -2.71. The Labute approximate surface area is 167 Å². The molecule has 28 heavy (non-hydrogen) atoms. The maximum absolute atomic E-state index is 14.5. The van der Waals surface area contributed by atoms with Crippen LogP contribution in [0.5, 0.6) is 0 Å². The van der Waals surface area contributed by atoms with Gasteiger partial charge in [0.05, 0.1) is 12.2 Å². The molecule has 0 saturated carbocycles. The molecule has 0 aliphatic carbocycles. The highest BCUT2D eigenvalue weighted by molar-refractivity contribution is 5.94. The maximum atomic E-state index is 14.5. The van der Waals surface area contributed by atoms with Gasteiger partial charge in [-0.2, -0.15) is 0 Å². The second-order valence-electron chi connectivity index (χ2n) is 6.20. The van der Waals surface area contributed by atoms with E-state index < -0.39 is 17.8 Å². The number of fused-ring (bicyclic) bond motifs is 1. The number of nitrogens with one attached hydrogen (secondary N) is 4. The first kappa shape index (κ1) is 21.6. The van der Waals surface area contributed by atoms with Crippen molar-refractivity contribution in [2.75, 3.05) is 18.4 Å². The summed E-state index contributed by atoms with van der Waals surface area (Å²) in [6.07, 6.45) is 0.564. The van der Waals surface area contributed by atoms with E-state index in [4.69, 9.17) is 0 Å². The smallest absolute Gasteiger partial charge is 0.315 e. The summed E-state index contributed by atoms with van der Waals surface area (Å²) in [5, 5.41) is 10.6. The molecule has 1 aliphatic rings. The Morgan fingerprint density at radius 2 is 1.79 bits per heavy atom. The van der Waals surface area contributed by atoms with Gasteiger partial charge in [-0.3, -0.25) is 4.79 Å². The van der Waals surface area contributed by atoms with Crippen molar-refractivity contribution >= 4 is 30.0 Å². The molecule has 150 valence electrons. The van der Waals surface area contributed by atoms with E-state index in [1.165, 1.54) is 18.2 Å². The predicted molar refractivity (Wildman–Crippen MR) is 104 cm³/mol. The van der Waals surface area contributed by atoms with Crippen LogP contribution >= 0.6 is 12.4 Å². The van der Waals surface area contributed by atoms with Crippen LogP contribution in [0.1, 0.15) is 16.7 Å². The van der Waals surface area contributed by atoms with Gasteiger partial charge >= 0.3 is 6.03 Å². The topological polar surface area (TPSA) is 82.3 Å². The van der Waals surface area contributed by atoms with E-state index in [-0.39, 0.29) is 37.0 Å². The van der Waals surface area contributed by atoms with Crippen molar-refractivity contribution in [3.63, 3.8) is 0 Å². The van der Waals surface area contributed by atoms with E-state index in [0.29, 0.717) is 25.1 Å². The molecule has 0 atom stereocenters. The molecule has 2 aromatic rings. The zero-order valence-corrected chi connectivity index (χ0v) is 15.8. The zero-order chi connectivity index (χ0) is 19.2. The van der Waals surface area contributed by atoms with E-state index in [2.05, 4.69) is 21.3 Å². The van der Waals surface area contributed by atoms with E-state index in [1.54, 1.807) is 18.2 Å². The highest BCUT2D eigenvalue weighted by atomic mass is 35.5. The van der Waals surface area contributed by atoms with Crippen LogP contribution < -0.4 is 21.3 Å². The molecule has 3 amide bonds. The van der Waals surface area contributed by atoms with Crippen LogP contribution in [0.15, 0.2) is 36.4 Å². The third-order valence-corrected chi connectivity index (χ3v) is 4.26. The standard InChI is InChI=1S/C19H20F2N4O2.ClH/c20-14-4-1-12(2-5-14)9-23-19(27)24-11-17(26)25-16-6-3-13-10-22-8-7-15(13)18(16)21;/h1-6,22H,7-11H2,(H,25,26)(H2,23,24,27);1H. The largest absolute Gasteiger partial charge is 0.334 e. The van der Waals surface area contributed by atoms with Crippen LogP contribution in [0.25, 0.3) is 0 Å². The summed E-state index contributed by atoms with van der Waals surface area (Å²) in [4.78, 5) is 23.7. The number of halogens is 3. The fraction of sp³-hybridized carbons (Fsp3) is 0.263. The molecule has 1 aliphatic heterocycles. The van der Waals surface area contributed by atoms with E-state index in [1.807, 2.05) is 0 Å². The molecule has 2 aromatic carbocycles. The van der Waals surface area contributed by atoms with Gasteiger partial charge in [-0.05, 0) is 47.9 Å². The summed E-state index contributed by atoms with van der Waals surface area (Å²) in [6.45, 7) is 1.20. The number of carbonyl (C=O) groups excluding carboxylic acids is 2. The van der Waals surface area contributed by atoms with Gasteiger partial charge in [0, 0.05) is 13.1 Å². The average molecular weight is 411 g/mol. The maximum Gasteiger partial charge on any atom is 0.315 e. The Morgan fingerprint density at radius 3 is 2.54 bits per heavy atom. The molecule has 0 aromatic heterocycles. The van der Waals surface area contributed by atoms with Crippen molar-refractivity contribution < 1.29 is 18.4 Å². The molecule has 0 unspecified atom stereocenters. The quantitative estimate of drug-likeness (QED) is 0.611. The van der Waals surface area contributed by atoms with Crippen LogP contribution in [-0.2, 0) is 24.3 Å². The van der Waals surface area contributed by atoms with Crippen molar-refractivity contribution in [1.82, 2.24) is 16.0 Å². The first-order valence-corrected chi connectivity index (χ1v) is 8.60. The van der Waals surface area contributed by atoms with Crippen molar-refractivity contribution in [2.24, 2.45) is 0 Å². The van der Waals surface area contributed by atoms with E-state index in [9.17, 15) is 18.4 Å². The highest BCUT2D eigenvalue weighted by Crippen LogP contribution is 2.24. The lowest BCUT2D eigenvalue weighted by Gasteiger charge is -2.19. The lowest BCUT2D eigenvalue weighted by molar-refractivity contribution is -0.115. The van der Waals surface area contributed by atoms with Gasteiger partial charge in [0.2, 0.25) is 5.91 Å². The van der Waals surface area contributed by atoms with Crippen molar-refractivity contribution in [2.45, 2.75) is 19.5 Å². The van der Waals surface area contributed by atoms with E-state index in [0.717, 1.165) is 11.1 Å². The number of benzene rings is 2. The highest BCUT2D eigenvalue weighted by Gasteiger charge is 2.17. The predicted octanol–water partition coefficient (Wildman–Crippen LogP) is 2.47. The minimum Gasteiger partial charge on any atom is -0.334 e. The molecule has 9 heteroatoms. The summed E-state index contributed by atoms with van der Waals surface area (Å²) in [6, 6.07) is 8.45. The number of hydrogen-bond donors (Lipinski definition) is 4. The van der Waals surface area contributed by atoms with Crippen molar-refractivity contribution in [1.29, 1.82) is 0 Å². The molecular weight excluding hydrogens is 390 g/mol. The molecule has 0 radical (unpaired) electrons. The number of anilines is 1. The summed E-state index contributed by atoms with van der Waals surface area (Å²) >= 11 is 0. The second-order valence-corrected chi connectivity index (χ2v) is 6.20. The van der Waals surface area contributed by atoms with Crippen LogP contribution in [0.4, 0.5) is 19.3 Å². The number of hydrogen-bond acceptors (Lipinski definition) is 3. The Balaban J connectivity index is 0.00000280. The first-order chi connectivity index (χ1) is 13.0. The normalized spacial score (nSPS) is 12.4. The minimum atomic E-state index is -0.550. The molecule has 6 nitrogen and oxygen atoms in total. The Morgan fingerprint density at radius 1 is 1.04 bits per heavy atom.